The summed E-state index contributed by atoms with van der Waals surface area (Å²) in [6.45, 7) is 4.23. The highest BCUT2D eigenvalue weighted by molar-refractivity contribution is 6.30. The SMILES string of the molecule is CCC(c1cccc(Cl)c1)N1CCc2cccc(N)c2C1. The van der Waals surface area contributed by atoms with Crippen molar-refractivity contribution in [1.82, 2.24) is 4.90 Å². The summed E-state index contributed by atoms with van der Waals surface area (Å²) in [7, 11) is 0. The predicted molar refractivity (Wildman–Crippen MR) is 89.5 cm³/mol. The highest BCUT2D eigenvalue weighted by atomic mass is 35.5. The second-order valence-corrected chi connectivity index (χ2v) is 6.12. The van der Waals surface area contributed by atoms with Crippen LogP contribution in [0.4, 0.5) is 5.69 Å². The molecule has 0 saturated carbocycles. The Labute approximate surface area is 131 Å². The first-order valence-electron chi connectivity index (χ1n) is 7.54. The third-order valence-corrected chi connectivity index (χ3v) is 4.63. The zero-order chi connectivity index (χ0) is 14.8. The molecule has 3 heteroatoms. The van der Waals surface area contributed by atoms with Gasteiger partial charge in [-0.25, -0.2) is 0 Å². The number of benzene rings is 2. The van der Waals surface area contributed by atoms with Crippen molar-refractivity contribution in [3.63, 3.8) is 0 Å². The summed E-state index contributed by atoms with van der Waals surface area (Å²) >= 11 is 6.15. The number of fused-ring (bicyclic) bond motifs is 1. The van der Waals surface area contributed by atoms with Crippen LogP contribution in [0.2, 0.25) is 5.02 Å². The zero-order valence-electron chi connectivity index (χ0n) is 12.3. The van der Waals surface area contributed by atoms with E-state index in [1.807, 2.05) is 18.2 Å². The molecule has 2 aromatic carbocycles. The third kappa shape index (κ3) is 2.92. The molecule has 0 fully saturated rings. The summed E-state index contributed by atoms with van der Waals surface area (Å²) < 4.78 is 0. The molecule has 2 nitrogen and oxygen atoms in total. The minimum Gasteiger partial charge on any atom is -0.398 e. The Balaban J connectivity index is 1.88. The Bertz CT molecular complexity index is 639. The van der Waals surface area contributed by atoms with Crippen molar-refractivity contribution in [1.29, 1.82) is 0 Å². The first kappa shape index (κ1) is 14.4. The highest BCUT2D eigenvalue weighted by Gasteiger charge is 2.24. The minimum absolute atomic E-state index is 0.399. The molecule has 0 aromatic heterocycles. The summed E-state index contributed by atoms with van der Waals surface area (Å²) in [5.41, 5.74) is 11.1. The Morgan fingerprint density at radius 3 is 2.81 bits per heavy atom. The lowest BCUT2D eigenvalue weighted by atomic mass is 9.94. The maximum Gasteiger partial charge on any atom is 0.0409 e. The first-order chi connectivity index (χ1) is 10.2. The van der Waals surface area contributed by atoms with Crippen LogP contribution in [0.3, 0.4) is 0 Å². The van der Waals surface area contributed by atoms with Gasteiger partial charge in [-0.15, -0.1) is 0 Å². The van der Waals surface area contributed by atoms with Gasteiger partial charge >= 0.3 is 0 Å². The van der Waals surface area contributed by atoms with Gasteiger partial charge in [0.1, 0.15) is 0 Å². The van der Waals surface area contributed by atoms with E-state index in [2.05, 4.69) is 36.1 Å². The van der Waals surface area contributed by atoms with E-state index in [1.54, 1.807) is 0 Å². The Hall–Kier alpha value is -1.51. The van der Waals surface area contributed by atoms with E-state index in [1.165, 1.54) is 16.7 Å². The van der Waals surface area contributed by atoms with Crippen LogP contribution in [0, 0.1) is 0 Å². The van der Waals surface area contributed by atoms with Crippen LogP contribution < -0.4 is 5.73 Å². The Morgan fingerprint density at radius 1 is 1.24 bits per heavy atom. The summed E-state index contributed by atoms with van der Waals surface area (Å²) in [5.74, 6) is 0. The van der Waals surface area contributed by atoms with Gasteiger partial charge in [-0.2, -0.15) is 0 Å². The molecular formula is C18H21ClN2. The second kappa shape index (κ2) is 6.08. The third-order valence-electron chi connectivity index (χ3n) is 4.40. The van der Waals surface area contributed by atoms with Gasteiger partial charge < -0.3 is 5.73 Å². The summed E-state index contributed by atoms with van der Waals surface area (Å²) in [5, 5.41) is 0.808. The summed E-state index contributed by atoms with van der Waals surface area (Å²) in [6, 6.07) is 14.9. The van der Waals surface area contributed by atoms with E-state index in [-0.39, 0.29) is 0 Å². The average molecular weight is 301 g/mol. The van der Waals surface area contributed by atoms with Crippen molar-refractivity contribution in [3.05, 3.63) is 64.2 Å². The van der Waals surface area contributed by atoms with Crippen molar-refractivity contribution in [3.8, 4) is 0 Å². The maximum absolute atomic E-state index is 6.16. The predicted octanol–water partition coefficient (Wildman–Crippen LogP) is 4.43. The fraction of sp³-hybridized carbons (Fsp3) is 0.333. The van der Waals surface area contributed by atoms with Crippen LogP contribution in [0.25, 0.3) is 0 Å². The van der Waals surface area contributed by atoms with E-state index in [4.69, 9.17) is 17.3 Å². The molecule has 0 amide bonds. The topological polar surface area (TPSA) is 29.3 Å². The lowest BCUT2D eigenvalue weighted by molar-refractivity contribution is 0.175. The molecule has 1 aliphatic rings. The molecule has 1 heterocycles. The van der Waals surface area contributed by atoms with Gasteiger partial charge in [-0.3, -0.25) is 4.90 Å². The van der Waals surface area contributed by atoms with E-state index in [0.717, 1.165) is 36.6 Å². The van der Waals surface area contributed by atoms with Crippen LogP contribution in [-0.2, 0) is 13.0 Å². The minimum atomic E-state index is 0.399. The van der Waals surface area contributed by atoms with Crippen LogP contribution >= 0.6 is 11.6 Å². The molecule has 2 aromatic rings. The molecule has 0 radical (unpaired) electrons. The number of nitrogen functional groups attached to an aromatic ring is 1. The van der Waals surface area contributed by atoms with Gasteiger partial charge in [-0.1, -0.05) is 42.8 Å². The van der Waals surface area contributed by atoms with E-state index in [9.17, 15) is 0 Å². The van der Waals surface area contributed by atoms with Crippen molar-refractivity contribution in [2.24, 2.45) is 0 Å². The van der Waals surface area contributed by atoms with Crippen LogP contribution in [0.5, 0.6) is 0 Å². The van der Waals surface area contributed by atoms with E-state index >= 15 is 0 Å². The molecule has 1 unspecified atom stereocenters. The molecule has 2 N–H and O–H groups in total. The number of halogens is 1. The Kier molecular flexibility index (Phi) is 4.18. The molecule has 1 atom stereocenters. The molecule has 110 valence electrons. The van der Waals surface area contributed by atoms with Crippen molar-refractivity contribution in [2.75, 3.05) is 12.3 Å². The lowest BCUT2D eigenvalue weighted by Crippen LogP contribution is -2.34. The number of nitrogens with two attached hydrogens (primary N) is 1. The number of hydrogen-bond acceptors (Lipinski definition) is 2. The van der Waals surface area contributed by atoms with Crippen LogP contribution in [0.15, 0.2) is 42.5 Å². The van der Waals surface area contributed by atoms with E-state index < -0.39 is 0 Å². The summed E-state index contributed by atoms with van der Waals surface area (Å²) in [6.07, 6.45) is 2.14. The standard InChI is InChI=1S/C18H21ClN2/c1-2-18(14-6-3-7-15(19)11-14)21-10-9-13-5-4-8-17(20)16(13)12-21/h3-8,11,18H,2,9-10,12,20H2,1H3. The molecule has 0 aliphatic carbocycles. The largest absolute Gasteiger partial charge is 0.398 e. The number of rotatable bonds is 3. The molecule has 21 heavy (non-hydrogen) atoms. The Morgan fingerprint density at radius 2 is 2.05 bits per heavy atom. The average Bonchev–Trinajstić information content (AvgIpc) is 2.49. The molecule has 0 saturated heterocycles. The van der Waals surface area contributed by atoms with Crippen molar-refractivity contribution in [2.45, 2.75) is 32.4 Å². The monoisotopic (exact) mass is 300 g/mol. The quantitative estimate of drug-likeness (QED) is 0.850. The zero-order valence-corrected chi connectivity index (χ0v) is 13.1. The fourth-order valence-corrected chi connectivity index (χ4v) is 3.51. The summed E-state index contributed by atoms with van der Waals surface area (Å²) in [4.78, 5) is 2.52. The second-order valence-electron chi connectivity index (χ2n) is 5.68. The molecule has 0 spiro atoms. The van der Waals surface area contributed by atoms with Gasteiger partial charge in [-0.05, 0) is 47.7 Å². The normalized spacial score (nSPS) is 16.5. The molecular weight excluding hydrogens is 280 g/mol. The number of nitrogens with zero attached hydrogens (tertiary/aromatic N) is 1. The van der Waals surface area contributed by atoms with Gasteiger partial charge in [0.2, 0.25) is 0 Å². The van der Waals surface area contributed by atoms with Gasteiger partial charge in [0, 0.05) is 29.8 Å². The lowest BCUT2D eigenvalue weighted by Gasteiger charge is -2.36. The van der Waals surface area contributed by atoms with Gasteiger partial charge in [0.25, 0.3) is 0 Å². The van der Waals surface area contributed by atoms with Crippen molar-refractivity contribution >= 4 is 17.3 Å². The number of hydrogen-bond donors (Lipinski definition) is 1. The fourth-order valence-electron chi connectivity index (χ4n) is 3.31. The molecule has 3 rings (SSSR count). The van der Waals surface area contributed by atoms with Crippen molar-refractivity contribution < 1.29 is 0 Å². The maximum atomic E-state index is 6.16. The van der Waals surface area contributed by atoms with Gasteiger partial charge in [0.05, 0.1) is 0 Å². The highest BCUT2D eigenvalue weighted by Crippen LogP contribution is 2.32. The molecule has 1 aliphatic heterocycles. The first-order valence-corrected chi connectivity index (χ1v) is 7.92. The smallest absolute Gasteiger partial charge is 0.0409 e. The molecule has 0 bridgehead atoms. The van der Waals surface area contributed by atoms with Crippen LogP contribution in [-0.4, -0.2) is 11.4 Å². The van der Waals surface area contributed by atoms with E-state index in [0.29, 0.717) is 6.04 Å². The van der Waals surface area contributed by atoms with Crippen LogP contribution in [0.1, 0.15) is 36.1 Å². The number of anilines is 1. The van der Waals surface area contributed by atoms with Gasteiger partial charge in [0.15, 0.2) is 0 Å².